The summed E-state index contributed by atoms with van der Waals surface area (Å²) in [7, 11) is -3.67. The third-order valence-electron chi connectivity index (χ3n) is 8.03. The minimum Gasteiger partial charge on any atom is -0.415 e. The molecule has 2 fully saturated rings. The minimum atomic E-state index is -3.67. The number of aromatic nitrogens is 4. The molecule has 9 nitrogen and oxygen atoms in total. The van der Waals surface area contributed by atoms with E-state index in [4.69, 9.17) is 4.42 Å². The van der Waals surface area contributed by atoms with E-state index < -0.39 is 27.6 Å². The number of benzene rings is 1. The van der Waals surface area contributed by atoms with Gasteiger partial charge in [0.05, 0.1) is 23.2 Å². The van der Waals surface area contributed by atoms with E-state index >= 15 is 0 Å². The quantitative estimate of drug-likeness (QED) is 0.278. The van der Waals surface area contributed by atoms with E-state index in [1.54, 1.807) is 41.1 Å². The number of hydrogen-bond acceptors (Lipinski definition) is 7. The van der Waals surface area contributed by atoms with Crippen molar-refractivity contribution < 1.29 is 21.6 Å². The monoisotopic (exact) mass is 570 g/mol. The fourth-order valence-electron chi connectivity index (χ4n) is 5.92. The Bertz CT molecular complexity index is 1540. The Hall–Kier alpha value is -3.38. The molecule has 1 saturated heterocycles. The van der Waals surface area contributed by atoms with E-state index in [9.17, 15) is 17.2 Å². The van der Waals surface area contributed by atoms with Crippen LogP contribution in [-0.2, 0) is 16.6 Å². The molecule has 0 N–H and O–H groups in total. The molecule has 1 saturated carbocycles. The van der Waals surface area contributed by atoms with Crippen molar-refractivity contribution in [3.8, 4) is 11.5 Å². The van der Waals surface area contributed by atoms with E-state index in [0.717, 1.165) is 13.1 Å². The van der Waals surface area contributed by atoms with Crippen molar-refractivity contribution in [2.75, 3.05) is 17.4 Å². The Balaban J connectivity index is 1.23. The lowest BCUT2D eigenvalue weighted by Gasteiger charge is -2.40. The van der Waals surface area contributed by atoms with Crippen LogP contribution in [0, 0.1) is 0 Å². The van der Waals surface area contributed by atoms with Crippen LogP contribution in [0.3, 0.4) is 0 Å². The lowest BCUT2D eigenvalue weighted by Crippen LogP contribution is -2.48. The van der Waals surface area contributed by atoms with Gasteiger partial charge in [-0.1, -0.05) is 37.5 Å². The number of para-hydroxylation sites is 1. The first-order valence-electron chi connectivity index (χ1n) is 13.8. The van der Waals surface area contributed by atoms with Crippen LogP contribution in [0.5, 0.6) is 0 Å². The van der Waals surface area contributed by atoms with Gasteiger partial charge in [-0.15, -0.1) is 10.2 Å². The Labute approximate surface area is 231 Å². The number of rotatable bonds is 8. The molecule has 1 aliphatic heterocycles. The zero-order chi connectivity index (χ0) is 27.7. The first kappa shape index (κ1) is 26.8. The fourth-order valence-corrected chi connectivity index (χ4v) is 7.81. The van der Waals surface area contributed by atoms with Crippen LogP contribution < -0.4 is 4.31 Å². The molecule has 0 amide bonds. The molecule has 2 aliphatic rings. The highest BCUT2D eigenvalue weighted by Gasteiger charge is 2.37. The topological polar surface area (TPSA) is 96.8 Å². The van der Waals surface area contributed by atoms with Gasteiger partial charge in [0, 0.05) is 24.0 Å². The average Bonchev–Trinajstić information content (AvgIpc) is 3.64. The molecule has 212 valence electrons. The summed E-state index contributed by atoms with van der Waals surface area (Å²) in [6, 6.07) is 13.0. The second-order valence-electron chi connectivity index (χ2n) is 10.6. The number of imidazole rings is 1. The van der Waals surface area contributed by atoms with Crippen LogP contribution in [0.1, 0.15) is 63.0 Å². The summed E-state index contributed by atoms with van der Waals surface area (Å²) >= 11 is 0. The van der Waals surface area contributed by atoms with Gasteiger partial charge >= 0.3 is 6.43 Å². The number of likely N-dealkylation sites (tertiary alicyclic amines) is 1. The maximum absolute atomic E-state index is 14.1. The lowest BCUT2D eigenvalue weighted by atomic mass is 9.93. The summed E-state index contributed by atoms with van der Waals surface area (Å²) in [5.74, 6) is -0.775. The van der Waals surface area contributed by atoms with Gasteiger partial charge in [0.25, 0.3) is 5.89 Å². The van der Waals surface area contributed by atoms with Crippen LogP contribution >= 0.6 is 0 Å². The Morgan fingerprint density at radius 2 is 1.75 bits per heavy atom. The van der Waals surface area contributed by atoms with Crippen molar-refractivity contribution in [2.45, 2.75) is 69.2 Å². The van der Waals surface area contributed by atoms with Gasteiger partial charge in [-0.3, -0.25) is 4.31 Å². The Morgan fingerprint density at radius 1 is 1.00 bits per heavy atom. The number of sulfonamides is 1. The average molecular weight is 571 g/mol. The molecule has 12 heteroatoms. The van der Waals surface area contributed by atoms with Crippen molar-refractivity contribution in [1.82, 2.24) is 24.5 Å². The highest BCUT2D eigenvalue weighted by molar-refractivity contribution is 7.93. The van der Waals surface area contributed by atoms with Crippen molar-refractivity contribution >= 4 is 21.4 Å². The van der Waals surface area contributed by atoms with Gasteiger partial charge in [0.2, 0.25) is 15.9 Å². The number of alkyl halides is 2. The van der Waals surface area contributed by atoms with Crippen LogP contribution in [0.4, 0.5) is 14.5 Å². The fraction of sp³-hybridized carbons (Fsp3) is 0.464. The Kier molecular flexibility index (Phi) is 7.54. The predicted octanol–water partition coefficient (Wildman–Crippen LogP) is 5.46. The lowest BCUT2D eigenvalue weighted by molar-refractivity contribution is 0.116. The molecule has 4 aromatic rings. The summed E-state index contributed by atoms with van der Waals surface area (Å²) in [6.45, 7) is 1.68. The largest absolute Gasteiger partial charge is 0.415 e. The van der Waals surface area contributed by atoms with Gasteiger partial charge in [-0.2, -0.15) is 8.78 Å². The second-order valence-corrected chi connectivity index (χ2v) is 12.7. The Morgan fingerprint density at radius 3 is 2.45 bits per heavy atom. The predicted molar refractivity (Wildman–Crippen MR) is 146 cm³/mol. The molecule has 0 radical (unpaired) electrons. The zero-order valence-corrected chi connectivity index (χ0v) is 22.9. The molecule has 0 atom stereocenters. The third kappa shape index (κ3) is 5.46. The summed E-state index contributed by atoms with van der Waals surface area (Å²) in [5.41, 5.74) is 2.11. The second kappa shape index (κ2) is 11.2. The van der Waals surface area contributed by atoms with Gasteiger partial charge < -0.3 is 13.7 Å². The molecule has 0 bridgehead atoms. The standard InChI is InChI=1S/C28H32F2N6O3S/c29-26(30)28-33-32-27(39-28)20-11-14-35-18-21(31-25(35)17-20)19-36(23-9-5-2-6-10-23)40(37,38)24-12-15-34(16-13-24)22-7-3-1-4-8-22/h2,5-6,9-11,14,17-18,22,24,26H,1,3-4,7-8,12-13,15-16,19H2. The highest BCUT2D eigenvalue weighted by atomic mass is 32.2. The molecule has 4 heterocycles. The number of piperidine rings is 1. The number of halogens is 2. The first-order chi connectivity index (χ1) is 19.4. The van der Waals surface area contributed by atoms with Crippen molar-refractivity contribution in [3.63, 3.8) is 0 Å². The SMILES string of the molecule is O=S(=O)(C1CCN(C2CCCCC2)CC1)N(Cc1cn2ccc(-c3nnc(C(F)F)o3)cc2n1)c1ccccc1. The van der Waals surface area contributed by atoms with E-state index in [1.807, 2.05) is 18.2 Å². The molecule has 1 aromatic carbocycles. The van der Waals surface area contributed by atoms with E-state index in [2.05, 4.69) is 20.1 Å². The van der Waals surface area contributed by atoms with E-state index in [-0.39, 0.29) is 12.4 Å². The number of nitrogens with zero attached hydrogens (tertiary/aromatic N) is 6. The van der Waals surface area contributed by atoms with Crippen LogP contribution in [0.2, 0.25) is 0 Å². The molecule has 3 aromatic heterocycles. The molecule has 6 rings (SSSR count). The smallest absolute Gasteiger partial charge is 0.314 e. The summed E-state index contributed by atoms with van der Waals surface area (Å²) in [6.07, 6.45) is 8.09. The number of anilines is 1. The number of pyridine rings is 1. The van der Waals surface area contributed by atoms with Gasteiger partial charge in [-0.05, 0) is 63.0 Å². The summed E-state index contributed by atoms with van der Waals surface area (Å²) in [4.78, 5) is 7.14. The molecular weight excluding hydrogens is 538 g/mol. The minimum absolute atomic E-state index is 0.0320. The highest BCUT2D eigenvalue weighted by Crippen LogP contribution is 2.31. The maximum atomic E-state index is 14.1. The van der Waals surface area contributed by atoms with Gasteiger partial charge in [0.1, 0.15) is 5.65 Å². The van der Waals surface area contributed by atoms with Crippen LogP contribution in [0.15, 0.2) is 59.3 Å². The van der Waals surface area contributed by atoms with E-state index in [1.165, 1.54) is 36.4 Å². The molecule has 40 heavy (non-hydrogen) atoms. The van der Waals surface area contributed by atoms with Crippen molar-refractivity contribution in [1.29, 1.82) is 0 Å². The number of hydrogen-bond donors (Lipinski definition) is 0. The summed E-state index contributed by atoms with van der Waals surface area (Å²) in [5, 5.41) is 6.63. The van der Waals surface area contributed by atoms with Crippen LogP contribution in [0.25, 0.3) is 17.1 Å². The summed E-state index contributed by atoms with van der Waals surface area (Å²) < 4.78 is 62.2. The maximum Gasteiger partial charge on any atom is 0.314 e. The van der Waals surface area contributed by atoms with E-state index in [0.29, 0.717) is 41.5 Å². The molecule has 1 aliphatic carbocycles. The molecule has 0 unspecified atom stereocenters. The van der Waals surface area contributed by atoms with Gasteiger partial charge in [0.15, 0.2) is 0 Å². The van der Waals surface area contributed by atoms with Crippen molar-refractivity contribution in [2.24, 2.45) is 0 Å². The third-order valence-corrected chi connectivity index (χ3v) is 10.3. The molecular formula is C28H32F2N6O3S. The van der Waals surface area contributed by atoms with Crippen LogP contribution in [-0.4, -0.2) is 57.3 Å². The molecule has 0 spiro atoms. The zero-order valence-electron chi connectivity index (χ0n) is 22.1. The normalized spacial score (nSPS) is 18.1. The number of fused-ring (bicyclic) bond motifs is 1. The van der Waals surface area contributed by atoms with Crippen molar-refractivity contribution in [3.05, 3.63) is 66.4 Å². The first-order valence-corrected chi connectivity index (χ1v) is 15.3. The van der Waals surface area contributed by atoms with Gasteiger partial charge in [-0.25, -0.2) is 13.4 Å².